The van der Waals surface area contributed by atoms with E-state index in [1.807, 2.05) is 6.07 Å². The number of benzene rings is 1. The Hall–Kier alpha value is -1.01. The molecule has 0 radical (unpaired) electrons. The third kappa shape index (κ3) is 5.52. The van der Waals surface area contributed by atoms with Crippen LogP contribution in [0.3, 0.4) is 0 Å². The van der Waals surface area contributed by atoms with E-state index >= 15 is 0 Å². The Bertz CT molecular complexity index is 504. The van der Waals surface area contributed by atoms with Crippen LogP contribution in [0.4, 0.5) is 5.69 Å². The third-order valence-electron chi connectivity index (χ3n) is 4.46. The largest absolute Gasteiger partial charge is 0.378 e. The molecule has 1 aromatic carbocycles. The van der Waals surface area contributed by atoms with Crippen LogP contribution >= 0.6 is 24.8 Å². The second-order valence-corrected chi connectivity index (χ2v) is 5.99. The Balaban J connectivity index is 0.00000144. The summed E-state index contributed by atoms with van der Waals surface area (Å²) in [5.41, 5.74) is 2.40. The lowest BCUT2D eigenvalue weighted by Gasteiger charge is -2.31. The van der Waals surface area contributed by atoms with Crippen LogP contribution in [0.15, 0.2) is 24.3 Å². The highest BCUT2D eigenvalue weighted by molar-refractivity contribution is 5.85. The third-order valence-corrected chi connectivity index (χ3v) is 4.46. The van der Waals surface area contributed by atoms with E-state index in [4.69, 9.17) is 4.74 Å². The zero-order valence-electron chi connectivity index (χ0n) is 13.8. The first-order valence-electron chi connectivity index (χ1n) is 8.23. The van der Waals surface area contributed by atoms with Gasteiger partial charge in [0.05, 0.1) is 19.1 Å². The van der Waals surface area contributed by atoms with E-state index in [9.17, 15) is 4.79 Å². The molecule has 2 aliphatic rings. The second kappa shape index (κ2) is 10.8. The number of hydrogen-bond acceptors (Lipinski definition) is 4. The smallest absolute Gasteiger partial charge is 0.224 e. The van der Waals surface area contributed by atoms with Crippen LogP contribution in [0.1, 0.15) is 18.4 Å². The molecular weight excluding hydrogens is 349 g/mol. The van der Waals surface area contributed by atoms with Gasteiger partial charge in [0.15, 0.2) is 0 Å². The highest BCUT2D eigenvalue weighted by Gasteiger charge is 2.21. The Morgan fingerprint density at radius 1 is 1.25 bits per heavy atom. The van der Waals surface area contributed by atoms with Crippen LogP contribution in [0.5, 0.6) is 0 Å². The van der Waals surface area contributed by atoms with Gasteiger partial charge in [-0.2, -0.15) is 0 Å². The van der Waals surface area contributed by atoms with E-state index in [0.717, 1.165) is 52.2 Å². The standard InChI is InChI=1S/C17H25N3O2.2ClH/c21-17(15-5-3-7-18-12-15)19-13-14-4-1-2-6-16(14)20-8-10-22-11-9-20;;/h1-2,4,6,15,18H,3,5,7-13H2,(H,19,21);2*1H. The van der Waals surface area contributed by atoms with Gasteiger partial charge in [0.2, 0.25) is 5.91 Å². The molecule has 1 atom stereocenters. The molecule has 136 valence electrons. The summed E-state index contributed by atoms with van der Waals surface area (Å²) in [4.78, 5) is 14.6. The van der Waals surface area contributed by atoms with Gasteiger partial charge in [0.1, 0.15) is 0 Å². The number of nitrogens with zero attached hydrogens (tertiary/aromatic N) is 1. The van der Waals surface area contributed by atoms with Crippen molar-refractivity contribution in [1.82, 2.24) is 10.6 Å². The summed E-state index contributed by atoms with van der Waals surface area (Å²) in [5.74, 6) is 0.285. The maximum absolute atomic E-state index is 12.3. The first-order chi connectivity index (χ1) is 10.8. The number of morpholine rings is 1. The van der Waals surface area contributed by atoms with Crippen LogP contribution in [-0.2, 0) is 16.1 Å². The van der Waals surface area contributed by atoms with Crippen molar-refractivity contribution >= 4 is 36.4 Å². The fraction of sp³-hybridized carbons (Fsp3) is 0.588. The lowest BCUT2D eigenvalue weighted by molar-refractivity contribution is -0.125. The molecule has 2 aliphatic heterocycles. The number of carbonyl (C=O) groups is 1. The average molecular weight is 376 g/mol. The molecule has 0 saturated carbocycles. The zero-order valence-corrected chi connectivity index (χ0v) is 15.5. The summed E-state index contributed by atoms with van der Waals surface area (Å²) in [7, 11) is 0. The summed E-state index contributed by atoms with van der Waals surface area (Å²) >= 11 is 0. The minimum atomic E-state index is 0. The number of amides is 1. The van der Waals surface area contributed by atoms with Crippen LogP contribution < -0.4 is 15.5 Å². The fourth-order valence-corrected chi connectivity index (χ4v) is 3.18. The van der Waals surface area contributed by atoms with Gasteiger partial charge in [-0.15, -0.1) is 24.8 Å². The van der Waals surface area contributed by atoms with Gasteiger partial charge in [-0.3, -0.25) is 4.79 Å². The molecule has 24 heavy (non-hydrogen) atoms. The van der Waals surface area contributed by atoms with Gasteiger partial charge >= 0.3 is 0 Å². The lowest BCUT2D eigenvalue weighted by Crippen LogP contribution is -2.41. The number of halogens is 2. The Morgan fingerprint density at radius 3 is 2.71 bits per heavy atom. The van der Waals surface area contributed by atoms with Gasteiger partial charge in [0, 0.05) is 31.9 Å². The van der Waals surface area contributed by atoms with Gasteiger partial charge in [-0.25, -0.2) is 0 Å². The van der Waals surface area contributed by atoms with Gasteiger partial charge in [-0.1, -0.05) is 18.2 Å². The summed E-state index contributed by atoms with van der Waals surface area (Å²) in [5, 5.41) is 6.41. The van der Waals surface area contributed by atoms with Gasteiger partial charge in [-0.05, 0) is 31.0 Å². The molecule has 2 fully saturated rings. The first kappa shape index (κ1) is 21.0. The molecule has 2 saturated heterocycles. The van der Waals surface area contributed by atoms with Crippen LogP contribution in [0, 0.1) is 5.92 Å². The van der Waals surface area contributed by atoms with Crippen LogP contribution in [-0.4, -0.2) is 45.3 Å². The Kier molecular flexibility index (Phi) is 9.44. The van der Waals surface area contributed by atoms with Crippen molar-refractivity contribution in [2.24, 2.45) is 5.92 Å². The van der Waals surface area contributed by atoms with E-state index in [1.54, 1.807) is 0 Å². The molecule has 3 rings (SSSR count). The molecule has 5 nitrogen and oxygen atoms in total. The van der Waals surface area contributed by atoms with Gasteiger partial charge in [0.25, 0.3) is 0 Å². The molecule has 0 spiro atoms. The van der Waals surface area contributed by atoms with E-state index in [0.29, 0.717) is 6.54 Å². The van der Waals surface area contributed by atoms with E-state index < -0.39 is 0 Å². The number of hydrogen-bond donors (Lipinski definition) is 2. The van der Waals surface area contributed by atoms with Crippen molar-refractivity contribution in [2.75, 3.05) is 44.3 Å². The number of nitrogens with one attached hydrogen (secondary N) is 2. The van der Waals surface area contributed by atoms with E-state index in [1.165, 1.54) is 11.3 Å². The first-order valence-corrected chi connectivity index (χ1v) is 8.23. The van der Waals surface area contributed by atoms with Gasteiger partial charge < -0.3 is 20.3 Å². The lowest BCUT2D eigenvalue weighted by atomic mass is 9.99. The van der Waals surface area contributed by atoms with Crippen molar-refractivity contribution in [2.45, 2.75) is 19.4 Å². The molecule has 0 aliphatic carbocycles. The van der Waals surface area contributed by atoms with E-state index in [2.05, 4.69) is 33.7 Å². The predicted molar refractivity (Wildman–Crippen MR) is 101 cm³/mol. The SMILES string of the molecule is Cl.Cl.O=C(NCc1ccccc1N1CCOCC1)C1CCCNC1. The minimum absolute atomic E-state index is 0. The number of para-hydroxylation sites is 1. The van der Waals surface area contributed by atoms with Crippen molar-refractivity contribution in [3.63, 3.8) is 0 Å². The summed E-state index contributed by atoms with van der Waals surface area (Å²) in [6.45, 7) is 5.81. The number of rotatable bonds is 4. The zero-order chi connectivity index (χ0) is 15.2. The number of anilines is 1. The van der Waals surface area contributed by atoms with E-state index in [-0.39, 0.29) is 36.6 Å². The summed E-state index contributed by atoms with van der Waals surface area (Å²) in [6, 6.07) is 8.33. The molecule has 2 heterocycles. The Morgan fingerprint density at radius 2 is 2.00 bits per heavy atom. The van der Waals surface area contributed by atoms with Crippen LogP contribution in [0.25, 0.3) is 0 Å². The maximum Gasteiger partial charge on any atom is 0.224 e. The Labute approximate surface area is 156 Å². The van der Waals surface area contributed by atoms with Crippen molar-refractivity contribution in [3.05, 3.63) is 29.8 Å². The number of ether oxygens (including phenoxy) is 1. The molecule has 2 N–H and O–H groups in total. The number of piperidine rings is 1. The van der Waals surface area contributed by atoms with Crippen molar-refractivity contribution < 1.29 is 9.53 Å². The highest BCUT2D eigenvalue weighted by Crippen LogP contribution is 2.21. The molecular formula is C17H27Cl2N3O2. The normalized spacial score (nSPS) is 20.5. The second-order valence-electron chi connectivity index (χ2n) is 5.99. The minimum Gasteiger partial charge on any atom is -0.378 e. The fourth-order valence-electron chi connectivity index (χ4n) is 3.18. The quantitative estimate of drug-likeness (QED) is 0.844. The highest BCUT2D eigenvalue weighted by atomic mass is 35.5. The number of carbonyl (C=O) groups excluding carboxylic acids is 1. The maximum atomic E-state index is 12.3. The molecule has 7 heteroatoms. The molecule has 0 aromatic heterocycles. The van der Waals surface area contributed by atoms with Crippen LogP contribution in [0.2, 0.25) is 0 Å². The van der Waals surface area contributed by atoms with Crippen molar-refractivity contribution in [3.8, 4) is 0 Å². The predicted octanol–water partition coefficient (Wildman–Crippen LogP) is 1.98. The molecule has 0 bridgehead atoms. The topological polar surface area (TPSA) is 53.6 Å². The monoisotopic (exact) mass is 375 g/mol. The summed E-state index contributed by atoms with van der Waals surface area (Å²) < 4.78 is 5.42. The average Bonchev–Trinajstić information content (AvgIpc) is 2.61. The molecule has 1 aromatic rings. The summed E-state index contributed by atoms with van der Waals surface area (Å²) in [6.07, 6.45) is 2.08. The molecule has 1 amide bonds. The van der Waals surface area contributed by atoms with Crippen molar-refractivity contribution in [1.29, 1.82) is 0 Å². The molecule has 1 unspecified atom stereocenters.